The van der Waals surface area contributed by atoms with Crippen molar-refractivity contribution in [1.82, 2.24) is 5.32 Å². The van der Waals surface area contributed by atoms with Crippen molar-refractivity contribution in [2.75, 3.05) is 13.7 Å². The first-order valence-electron chi connectivity index (χ1n) is 9.27. The third kappa shape index (κ3) is 6.01. The molecule has 0 bridgehead atoms. The van der Waals surface area contributed by atoms with Gasteiger partial charge in [0, 0.05) is 5.56 Å². The number of esters is 1. The zero-order valence-electron chi connectivity index (χ0n) is 16.7. The summed E-state index contributed by atoms with van der Waals surface area (Å²) in [6, 6.07) is 13.3. The second-order valence-corrected chi connectivity index (χ2v) is 6.61. The Morgan fingerprint density at radius 2 is 1.57 bits per heavy atom. The van der Waals surface area contributed by atoms with Gasteiger partial charge in [-0.1, -0.05) is 26.0 Å². The molecule has 2 aromatic carbocycles. The number of hydrogen-bond acceptors (Lipinski definition) is 5. The van der Waals surface area contributed by atoms with Gasteiger partial charge in [-0.05, 0) is 54.8 Å². The van der Waals surface area contributed by atoms with Gasteiger partial charge in [0.1, 0.15) is 24.1 Å². The number of ether oxygens (including phenoxy) is 3. The van der Waals surface area contributed by atoms with E-state index < -0.39 is 12.0 Å². The molecule has 0 unspecified atom stereocenters. The molecule has 0 heterocycles. The zero-order valence-corrected chi connectivity index (χ0v) is 16.7. The number of benzene rings is 2. The molecule has 0 fully saturated rings. The van der Waals surface area contributed by atoms with Gasteiger partial charge < -0.3 is 19.5 Å². The second-order valence-electron chi connectivity index (χ2n) is 6.61. The van der Waals surface area contributed by atoms with Crippen molar-refractivity contribution >= 4 is 11.9 Å². The molecule has 0 saturated heterocycles. The molecule has 0 aliphatic carbocycles. The lowest BCUT2D eigenvalue weighted by Crippen LogP contribution is -2.45. The van der Waals surface area contributed by atoms with Gasteiger partial charge in [-0.3, -0.25) is 4.79 Å². The van der Waals surface area contributed by atoms with E-state index in [0.29, 0.717) is 17.9 Å². The molecule has 6 heteroatoms. The molecule has 0 aliphatic heterocycles. The molecule has 1 atom stereocenters. The highest BCUT2D eigenvalue weighted by atomic mass is 16.5. The molecule has 2 aromatic rings. The number of carbonyl (C=O) groups excluding carboxylic acids is 2. The summed E-state index contributed by atoms with van der Waals surface area (Å²) >= 11 is 0. The van der Waals surface area contributed by atoms with Crippen molar-refractivity contribution < 1.29 is 23.8 Å². The monoisotopic (exact) mass is 385 g/mol. The molecule has 0 aromatic heterocycles. The van der Waals surface area contributed by atoms with Gasteiger partial charge in [-0.25, -0.2) is 4.79 Å². The fourth-order valence-corrected chi connectivity index (χ4v) is 2.56. The highest BCUT2D eigenvalue weighted by Crippen LogP contribution is 2.15. The summed E-state index contributed by atoms with van der Waals surface area (Å²) < 4.78 is 15.9. The highest BCUT2D eigenvalue weighted by Gasteiger charge is 2.26. The molecule has 28 heavy (non-hydrogen) atoms. The molecule has 150 valence electrons. The minimum atomic E-state index is -0.739. The predicted octanol–water partition coefficient (Wildman–Crippen LogP) is 3.59. The smallest absolute Gasteiger partial charge is 0.329 e. The number of nitrogens with one attached hydrogen (secondary N) is 1. The van der Waals surface area contributed by atoms with Crippen LogP contribution in [0.5, 0.6) is 11.5 Å². The van der Waals surface area contributed by atoms with Crippen LogP contribution in [0, 0.1) is 5.92 Å². The second kappa shape index (κ2) is 10.3. The van der Waals surface area contributed by atoms with Gasteiger partial charge in [0.05, 0.1) is 13.7 Å². The maximum absolute atomic E-state index is 12.5. The molecule has 6 nitrogen and oxygen atoms in total. The van der Waals surface area contributed by atoms with Crippen molar-refractivity contribution in [3.05, 3.63) is 59.7 Å². The van der Waals surface area contributed by atoms with Crippen molar-refractivity contribution in [3.63, 3.8) is 0 Å². The molecule has 1 N–H and O–H groups in total. The van der Waals surface area contributed by atoms with Crippen LogP contribution < -0.4 is 14.8 Å². The normalized spacial score (nSPS) is 11.6. The number of methoxy groups -OCH3 is 1. The van der Waals surface area contributed by atoms with Crippen LogP contribution in [0.4, 0.5) is 0 Å². The van der Waals surface area contributed by atoms with Crippen LogP contribution in [-0.2, 0) is 16.1 Å². The summed E-state index contributed by atoms with van der Waals surface area (Å²) in [5, 5.41) is 2.76. The number of carbonyl (C=O) groups is 2. The summed E-state index contributed by atoms with van der Waals surface area (Å²) in [4.78, 5) is 25.0. The fraction of sp³-hybridized carbons (Fsp3) is 0.364. The minimum absolute atomic E-state index is 0.116. The lowest BCUT2D eigenvalue weighted by molar-refractivity contribution is -0.148. The first kappa shape index (κ1) is 21.3. The third-order valence-corrected chi connectivity index (χ3v) is 4.17. The molecule has 0 spiro atoms. The van der Waals surface area contributed by atoms with Crippen molar-refractivity contribution in [2.45, 2.75) is 33.4 Å². The Kier molecular flexibility index (Phi) is 7.87. The average Bonchev–Trinajstić information content (AvgIpc) is 2.71. The van der Waals surface area contributed by atoms with Gasteiger partial charge in [-0.15, -0.1) is 0 Å². The highest BCUT2D eigenvalue weighted by molar-refractivity contribution is 5.96. The number of amides is 1. The quantitative estimate of drug-likeness (QED) is 0.668. The van der Waals surface area contributed by atoms with Crippen LogP contribution in [0.25, 0.3) is 0 Å². The van der Waals surface area contributed by atoms with E-state index in [-0.39, 0.29) is 18.4 Å². The van der Waals surface area contributed by atoms with Gasteiger partial charge in [0.15, 0.2) is 0 Å². The molecular formula is C22H27NO5. The van der Waals surface area contributed by atoms with E-state index in [2.05, 4.69) is 5.32 Å². The topological polar surface area (TPSA) is 73.9 Å². The average molecular weight is 385 g/mol. The van der Waals surface area contributed by atoms with E-state index in [9.17, 15) is 9.59 Å². The van der Waals surface area contributed by atoms with Gasteiger partial charge in [0.2, 0.25) is 0 Å². The number of hydrogen-bond donors (Lipinski definition) is 1. The van der Waals surface area contributed by atoms with E-state index in [4.69, 9.17) is 14.2 Å². The van der Waals surface area contributed by atoms with Crippen molar-refractivity contribution in [1.29, 1.82) is 0 Å². The van der Waals surface area contributed by atoms with Crippen LogP contribution in [0.1, 0.15) is 36.7 Å². The van der Waals surface area contributed by atoms with Crippen LogP contribution in [0.3, 0.4) is 0 Å². The zero-order chi connectivity index (χ0) is 20.5. The van der Waals surface area contributed by atoms with Crippen molar-refractivity contribution in [2.24, 2.45) is 5.92 Å². The molecule has 1 amide bonds. The first-order valence-corrected chi connectivity index (χ1v) is 9.27. The lowest BCUT2D eigenvalue weighted by Gasteiger charge is -2.21. The summed E-state index contributed by atoms with van der Waals surface area (Å²) in [5.41, 5.74) is 1.30. The number of rotatable bonds is 9. The van der Waals surface area contributed by atoms with Crippen LogP contribution in [-0.4, -0.2) is 31.6 Å². The summed E-state index contributed by atoms with van der Waals surface area (Å²) in [6.45, 7) is 6.30. The Bertz CT molecular complexity index is 769. The third-order valence-electron chi connectivity index (χ3n) is 4.17. The maximum Gasteiger partial charge on any atom is 0.329 e. The van der Waals surface area contributed by atoms with Crippen LogP contribution in [0.2, 0.25) is 0 Å². The molecule has 0 saturated carbocycles. The molecule has 0 radical (unpaired) electrons. The molecule has 2 rings (SSSR count). The van der Waals surface area contributed by atoms with Gasteiger partial charge in [0.25, 0.3) is 5.91 Å². The van der Waals surface area contributed by atoms with E-state index >= 15 is 0 Å². The van der Waals surface area contributed by atoms with E-state index in [1.54, 1.807) is 43.5 Å². The first-order chi connectivity index (χ1) is 13.4. The van der Waals surface area contributed by atoms with E-state index in [0.717, 1.165) is 11.3 Å². The largest absolute Gasteiger partial charge is 0.497 e. The molecular weight excluding hydrogens is 358 g/mol. The van der Waals surface area contributed by atoms with E-state index in [1.165, 1.54) is 0 Å². The Balaban J connectivity index is 1.96. The summed E-state index contributed by atoms with van der Waals surface area (Å²) in [7, 11) is 1.59. The van der Waals surface area contributed by atoms with Gasteiger partial charge in [-0.2, -0.15) is 0 Å². The van der Waals surface area contributed by atoms with E-state index in [1.807, 2.05) is 32.9 Å². The maximum atomic E-state index is 12.5. The van der Waals surface area contributed by atoms with Crippen LogP contribution >= 0.6 is 0 Å². The SMILES string of the molecule is CCOc1ccc(C(=O)N[C@H](C(=O)OCc2ccc(OC)cc2)C(C)C)cc1. The standard InChI is InChI=1S/C22H27NO5/c1-5-27-19-12-8-17(9-13-19)21(24)23-20(15(2)3)22(25)28-14-16-6-10-18(26-4)11-7-16/h6-13,15,20H,5,14H2,1-4H3,(H,23,24)/t20-/m0/s1. The van der Waals surface area contributed by atoms with Crippen molar-refractivity contribution in [3.8, 4) is 11.5 Å². The fourth-order valence-electron chi connectivity index (χ4n) is 2.56. The lowest BCUT2D eigenvalue weighted by atomic mass is 10.0. The minimum Gasteiger partial charge on any atom is -0.497 e. The Hall–Kier alpha value is -3.02. The predicted molar refractivity (Wildman–Crippen MR) is 106 cm³/mol. The molecule has 0 aliphatic rings. The summed E-state index contributed by atoms with van der Waals surface area (Å²) in [6.07, 6.45) is 0. The van der Waals surface area contributed by atoms with Crippen LogP contribution in [0.15, 0.2) is 48.5 Å². The Morgan fingerprint density at radius 1 is 0.964 bits per heavy atom. The Morgan fingerprint density at radius 3 is 2.11 bits per heavy atom. The Labute approximate surface area is 165 Å². The van der Waals surface area contributed by atoms with Gasteiger partial charge >= 0.3 is 5.97 Å². The summed E-state index contributed by atoms with van der Waals surface area (Å²) in [5.74, 6) is 0.513.